The van der Waals surface area contributed by atoms with Crippen molar-refractivity contribution in [3.63, 3.8) is 0 Å². The Morgan fingerprint density at radius 3 is 2.45 bits per heavy atom. The minimum absolute atomic E-state index is 0.124. The van der Waals surface area contributed by atoms with Crippen LogP contribution in [0, 0.1) is 0 Å². The summed E-state index contributed by atoms with van der Waals surface area (Å²) in [5, 5.41) is 10.0. The maximum Gasteiger partial charge on any atom is 0.305 e. The predicted octanol–water partition coefficient (Wildman–Crippen LogP) is 3.24. The van der Waals surface area contributed by atoms with Gasteiger partial charge >= 0.3 is 5.97 Å². The second-order valence-electron chi connectivity index (χ2n) is 5.01. The molecule has 0 saturated carbocycles. The SMILES string of the molecule is CCCOC(=O)CCC(O)c1ccc(OC(C)C)cc1. The van der Waals surface area contributed by atoms with Crippen LogP contribution >= 0.6 is 0 Å². The molecule has 1 aromatic rings. The first-order valence-corrected chi connectivity index (χ1v) is 7.13. The molecule has 0 saturated heterocycles. The molecule has 0 fully saturated rings. The number of hydrogen-bond donors (Lipinski definition) is 1. The molecule has 0 heterocycles. The molecule has 1 atom stereocenters. The first kappa shape index (κ1) is 16.5. The Bertz CT molecular complexity index is 397. The summed E-state index contributed by atoms with van der Waals surface area (Å²) in [5.41, 5.74) is 0.782. The van der Waals surface area contributed by atoms with Crippen molar-refractivity contribution in [3.05, 3.63) is 29.8 Å². The molecule has 0 aliphatic carbocycles. The van der Waals surface area contributed by atoms with Crippen molar-refractivity contribution in [2.24, 2.45) is 0 Å². The molecular formula is C16H24O4. The zero-order valence-electron chi connectivity index (χ0n) is 12.5. The average molecular weight is 280 g/mol. The number of ether oxygens (including phenoxy) is 2. The van der Waals surface area contributed by atoms with E-state index in [2.05, 4.69) is 0 Å². The highest BCUT2D eigenvalue weighted by Gasteiger charge is 2.11. The number of rotatable bonds is 8. The van der Waals surface area contributed by atoms with Crippen LogP contribution in [-0.2, 0) is 9.53 Å². The van der Waals surface area contributed by atoms with Crippen molar-refractivity contribution in [2.75, 3.05) is 6.61 Å². The van der Waals surface area contributed by atoms with Gasteiger partial charge < -0.3 is 14.6 Å². The van der Waals surface area contributed by atoms with Crippen LogP contribution in [0.5, 0.6) is 5.75 Å². The summed E-state index contributed by atoms with van der Waals surface area (Å²) in [5.74, 6) is 0.518. The number of carbonyl (C=O) groups excluding carboxylic acids is 1. The molecule has 1 rings (SSSR count). The second-order valence-corrected chi connectivity index (χ2v) is 5.01. The lowest BCUT2D eigenvalue weighted by Crippen LogP contribution is -2.08. The Morgan fingerprint density at radius 2 is 1.90 bits per heavy atom. The topological polar surface area (TPSA) is 55.8 Å². The first-order chi connectivity index (χ1) is 9.52. The van der Waals surface area contributed by atoms with E-state index in [1.807, 2.05) is 45.0 Å². The summed E-state index contributed by atoms with van der Waals surface area (Å²) in [4.78, 5) is 11.4. The number of esters is 1. The molecule has 0 radical (unpaired) electrons. The van der Waals surface area contributed by atoms with E-state index in [1.165, 1.54) is 0 Å². The number of benzene rings is 1. The molecule has 0 aliphatic rings. The third kappa shape index (κ3) is 6.06. The largest absolute Gasteiger partial charge is 0.491 e. The lowest BCUT2D eigenvalue weighted by molar-refractivity contribution is -0.144. The zero-order valence-corrected chi connectivity index (χ0v) is 12.5. The van der Waals surface area contributed by atoms with Crippen LogP contribution in [0.2, 0.25) is 0 Å². The van der Waals surface area contributed by atoms with Crippen molar-refractivity contribution in [1.29, 1.82) is 0 Å². The number of aliphatic hydroxyl groups excluding tert-OH is 1. The molecule has 0 spiro atoms. The predicted molar refractivity (Wildman–Crippen MR) is 77.6 cm³/mol. The van der Waals surface area contributed by atoms with Gasteiger partial charge in [0.05, 0.1) is 18.8 Å². The molecule has 20 heavy (non-hydrogen) atoms. The molecule has 4 nitrogen and oxygen atoms in total. The van der Waals surface area contributed by atoms with Crippen molar-refractivity contribution in [1.82, 2.24) is 0 Å². The number of aliphatic hydroxyl groups is 1. The Balaban J connectivity index is 2.43. The van der Waals surface area contributed by atoms with Crippen LogP contribution < -0.4 is 4.74 Å². The number of hydrogen-bond acceptors (Lipinski definition) is 4. The van der Waals surface area contributed by atoms with Gasteiger partial charge in [-0.15, -0.1) is 0 Å². The molecule has 112 valence electrons. The third-order valence-corrected chi connectivity index (χ3v) is 2.73. The molecule has 0 aliphatic heterocycles. The highest BCUT2D eigenvalue weighted by molar-refractivity contribution is 5.69. The maximum absolute atomic E-state index is 11.4. The average Bonchev–Trinajstić information content (AvgIpc) is 2.42. The second kappa shape index (κ2) is 8.59. The highest BCUT2D eigenvalue weighted by atomic mass is 16.5. The van der Waals surface area contributed by atoms with Gasteiger partial charge in [-0.25, -0.2) is 0 Å². The lowest BCUT2D eigenvalue weighted by atomic mass is 10.0. The van der Waals surface area contributed by atoms with Gasteiger partial charge in [0.15, 0.2) is 0 Å². The minimum atomic E-state index is -0.655. The van der Waals surface area contributed by atoms with Gasteiger partial charge in [-0.2, -0.15) is 0 Å². The minimum Gasteiger partial charge on any atom is -0.491 e. The summed E-state index contributed by atoms with van der Waals surface area (Å²) >= 11 is 0. The van der Waals surface area contributed by atoms with E-state index in [9.17, 15) is 9.90 Å². The summed E-state index contributed by atoms with van der Waals surface area (Å²) < 4.78 is 10.5. The Labute approximate surface area is 120 Å². The molecular weight excluding hydrogens is 256 g/mol. The fourth-order valence-electron chi connectivity index (χ4n) is 1.75. The van der Waals surface area contributed by atoms with E-state index in [1.54, 1.807) is 0 Å². The van der Waals surface area contributed by atoms with Crippen molar-refractivity contribution >= 4 is 5.97 Å². The van der Waals surface area contributed by atoms with Crippen LogP contribution in [0.1, 0.15) is 51.7 Å². The van der Waals surface area contributed by atoms with Crippen molar-refractivity contribution in [3.8, 4) is 5.75 Å². The van der Waals surface area contributed by atoms with Crippen LogP contribution in [-0.4, -0.2) is 23.8 Å². The van der Waals surface area contributed by atoms with Crippen molar-refractivity contribution < 1.29 is 19.4 Å². The summed E-state index contributed by atoms with van der Waals surface area (Å²) in [6.45, 7) is 6.31. The van der Waals surface area contributed by atoms with Crippen LogP contribution in [0.25, 0.3) is 0 Å². The van der Waals surface area contributed by atoms with Gasteiger partial charge in [0.2, 0.25) is 0 Å². The van der Waals surface area contributed by atoms with Crippen molar-refractivity contribution in [2.45, 2.75) is 52.2 Å². The van der Waals surface area contributed by atoms with Gasteiger partial charge in [-0.05, 0) is 44.4 Å². The fraction of sp³-hybridized carbons (Fsp3) is 0.562. The van der Waals surface area contributed by atoms with Gasteiger partial charge in [-0.3, -0.25) is 4.79 Å². The smallest absolute Gasteiger partial charge is 0.305 e. The summed E-state index contributed by atoms with van der Waals surface area (Å²) in [6, 6.07) is 7.29. The Kier molecular flexibility index (Phi) is 7.09. The van der Waals surface area contributed by atoms with Crippen LogP contribution in [0.3, 0.4) is 0 Å². The Hall–Kier alpha value is -1.55. The van der Waals surface area contributed by atoms with Crippen LogP contribution in [0.4, 0.5) is 0 Å². The van der Waals surface area contributed by atoms with Crippen LogP contribution in [0.15, 0.2) is 24.3 Å². The first-order valence-electron chi connectivity index (χ1n) is 7.13. The van der Waals surface area contributed by atoms with E-state index < -0.39 is 6.10 Å². The van der Waals surface area contributed by atoms with E-state index in [0.29, 0.717) is 13.0 Å². The normalized spacial score (nSPS) is 12.2. The molecule has 0 bridgehead atoms. The lowest BCUT2D eigenvalue weighted by Gasteiger charge is -2.13. The molecule has 1 N–H and O–H groups in total. The number of carbonyl (C=O) groups is 1. The zero-order chi connectivity index (χ0) is 15.0. The van der Waals surface area contributed by atoms with Gasteiger partial charge in [-0.1, -0.05) is 19.1 Å². The maximum atomic E-state index is 11.4. The van der Waals surface area contributed by atoms with E-state index in [-0.39, 0.29) is 18.5 Å². The van der Waals surface area contributed by atoms with Gasteiger partial charge in [0.1, 0.15) is 5.75 Å². The van der Waals surface area contributed by atoms with Gasteiger partial charge in [0.25, 0.3) is 0 Å². The molecule has 0 aromatic heterocycles. The van der Waals surface area contributed by atoms with E-state index >= 15 is 0 Å². The Morgan fingerprint density at radius 1 is 1.25 bits per heavy atom. The molecule has 1 aromatic carbocycles. The standard InChI is InChI=1S/C16H24O4/c1-4-11-19-16(18)10-9-15(17)13-5-7-14(8-6-13)20-12(2)3/h5-8,12,15,17H,4,9-11H2,1-3H3. The molecule has 4 heteroatoms. The van der Waals surface area contributed by atoms with Gasteiger partial charge in [0, 0.05) is 6.42 Å². The highest BCUT2D eigenvalue weighted by Crippen LogP contribution is 2.22. The van der Waals surface area contributed by atoms with E-state index in [4.69, 9.17) is 9.47 Å². The fourth-order valence-corrected chi connectivity index (χ4v) is 1.75. The molecule has 1 unspecified atom stereocenters. The van der Waals surface area contributed by atoms with E-state index in [0.717, 1.165) is 17.7 Å². The summed E-state index contributed by atoms with van der Waals surface area (Å²) in [7, 11) is 0. The monoisotopic (exact) mass is 280 g/mol. The molecule has 0 amide bonds. The summed E-state index contributed by atoms with van der Waals surface area (Å²) in [6.07, 6.45) is 0.876. The quantitative estimate of drug-likeness (QED) is 0.743. The third-order valence-electron chi connectivity index (χ3n) is 2.73.